The molecule has 2 aliphatic carbocycles. The first-order valence-electron chi connectivity index (χ1n) is 6.26. The Kier molecular flexibility index (Phi) is 2.29. The molecule has 1 atom stereocenters. The van der Waals surface area contributed by atoms with Gasteiger partial charge < -0.3 is 0 Å². The second-order valence-electron chi connectivity index (χ2n) is 5.30. The van der Waals surface area contributed by atoms with Gasteiger partial charge in [-0.15, -0.1) is 0 Å². The molecule has 1 aromatic carbocycles. The van der Waals surface area contributed by atoms with Crippen LogP contribution < -0.4 is 0 Å². The summed E-state index contributed by atoms with van der Waals surface area (Å²) in [5, 5.41) is 9.43. The van der Waals surface area contributed by atoms with E-state index in [0.717, 1.165) is 19.3 Å². The third-order valence-corrected chi connectivity index (χ3v) is 4.28. The molecule has 0 aromatic heterocycles. The first kappa shape index (κ1) is 10.5. The lowest BCUT2D eigenvalue weighted by Crippen LogP contribution is -2.42. The Morgan fingerprint density at radius 3 is 2.76 bits per heavy atom. The number of hydrogen-bond acceptors (Lipinski definition) is 2. The minimum Gasteiger partial charge on any atom is -0.300 e. The zero-order valence-electron chi connectivity index (χ0n) is 9.78. The van der Waals surface area contributed by atoms with Crippen LogP contribution >= 0.6 is 0 Å². The summed E-state index contributed by atoms with van der Waals surface area (Å²) in [6, 6.07) is 10.8. The molecule has 0 spiro atoms. The van der Waals surface area contributed by atoms with E-state index in [1.54, 1.807) is 0 Å². The van der Waals surface area contributed by atoms with Gasteiger partial charge in [0.25, 0.3) is 0 Å². The normalized spacial score (nSPS) is 25.6. The summed E-state index contributed by atoms with van der Waals surface area (Å²) in [4.78, 5) is 11.3. The van der Waals surface area contributed by atoms with Crippen molar-refractivity contribution in [3.8, 4) is 6.07 Å². The highest BCUT2D eigenvalue weighted by Gasteiger charge is 2.51. The molecular weight excluding hydrogens is 210 g/mol. The molecule has 0 amide bonds. The van der Waals surface area contributed by atoms with Crippen LogP contribution in [0, 0.1) is 16.7 Å². The fourth-order valence-corrected chi connectivity index (χ4v) is 3.38. The van der Waals surface area contributed by atoms with Gasteiger partial charge in [0.05, 0.1) is 11.5 Å². The van der Waals surface area contributed by atoms with E-state index >= 15 is 0 Å². The van der Waals surface area contributed by atoms with Crippen molar-refractivity contribution in [2.24, 2.45) is 5.41 Å². The maximum absolute atomic E-state index is 11.3. The Morgan fingerprint density at radius 1 is 1.29 bits per heavy atom. The van der Waals surface area contributed by atoms with Crippen LogP contribution in [-0.2, 0) is 11.2 Å². The van der Waals surface area contributed by atoms with Gasteiger partial charge in [-0.2, -0.15) is 5.26 Å². The number of rotatable bonds is 1. The number of benzene rings is 1. The molecule has 1 fully saturated rings. The highest BCUT2D eigenvalue weighted by Crippen LogP contribution is 2.53. The van der Waals surface area contributed by atoms with Crippen LogP contribution in [0.25, 0.3) is 0 Å². The summed E-state index contributed by atoms with van der Waals surface area (Å²) >= 11 is 0. The fourth-order valence-electron chi connectivity index (χ4n) is 3.38. The number of nitriles is 1. The molecule has 0 bridgehead atoms. The quantitative estimate of drug-likeness (QED) is 0.737. The maximum Gasteiger partial charge on any atom is 0.136 e. The third-order valence-electron chi connectivity index (χ3n) is 4.28. The maximum atomic E-state index is 11.3. The molecule has 86 valence electrons. The monoisotopic (exact) mass is 225 g/mol. The van der Waals surface area contributed by atoms with Crippen molar-refractivity contribution < 1.29 is 4.79 Å². The SMILES string of the molecule is N#CC1(C2CCCc3ccccc32)CC(=O)C1. The summed E-state index contributed by atoms with van der Waals surface area (Å²) < 4.78 is 0. The van der Waals surface area contributed by atoms with E-state index in [1.165, 1.54) is 11.1 Å². The van der Waals surface area contributed by atoms with Crippen LogP contribution in [0.1, 0.15) is 42.7 Å². The molecule has 2 heteroatoms. The van der Waals surface area contributed by atoms with E-state index in [2.05, 4.69) is 24.3 Å². The number of hydrogen-bond donors (Lipinski definition) is 0. The molecular formula is C15H15NO. The molecule has 2 nitrogen and oxygen atoms in total. The van der Waals surface area contributed by atoms with Gasteiger partial charge in [-0.25, -0.2) is 0 Å². The molecule has 2 aliphatic rings. The van der Waals surface area contributed by atoms with Crippen LogP contribution in [0.3, 0.4) is 0 Å². The summed E-state index contributed by atoms with van der Waals surface area (Å²) in [7, 11) is 0. The lowest BCUT2D eigenvalue weighted by Gasteiger charge is -2.43. The second kappa shape index (κ2) is 3.70. The van der Waals surface area contributed by atoms with Crippen LogP contribution in [-0.4, -0.2) is 5.78 Å². The number of Topliss-reactive ketones (excluding diaryl/α,β-unsaturated/α-hetero) is 1. The number of nitrogens with zero attached hydrogens (tertiary/aromatic N) is 1. The van der Waals surface area contributed by atoms with Gasteiger partial charge in [-0.05, 0) is 30.4 Å². The standard InChI is InChI=1S/C15H15NO/c16-10-15(8-12(17)9-15)14-7-3-5-11-4-1-2-6-13(11)14/h1-2,4,6,14H,3,5,7-9H2. The van der Waals surface area contributed by atoms with Crippen molar-refractivity contribution in [2.45, 2.75) is 38.0 Å². The van der Waals surface area contributed by atoms with Gasteiger partial charge in [0.1, 0.15) is 5.78 Å². The lowest BCUT2D eigenvalue weighted by molar-refractivity contribution is -0.131. The summed E-state index contributed by atoms with van der Waals surface area (Å²) in [5.41, 5.74) is 2.29. The van der Waals surface area contributed by atoms with Crippen LogP contribution in [0.5, 0.6) is 0 Å². The van der Waals surface area contributed by atoms with Crippen LogP contribution in [0.4, 0.5) is 0 Å². The van der Waals surface area contributed by atoms with E-state index in [0.29, 0.717) is 12.8 Å². The van der Waals surface area contributed by atoms with E-state index in [9.17, 15) is 10.1 Å². The van der Waals surface area contributed by atoms with Gasteiger partial charge >= 0.3 is 0 Å². The number of ketones is 1. The minimum atomic E-state index is -0.395. The predicted octanol–water partition coefficient (Wildman–Crippen LogP) is 2.98. The first-order valence-corrected chi connectivity index (χ1v) is 6.26. The largest absolute Gasteiger partial charge is 0.300 e. The molecule has 0 radical (unpaired) electrons. The number of aryl methyl sites for hydroxylation is 1. The predicted molar refractivity (Wildman–Crippen MR) is 64.4 cm³/mol. The van der Waals surface area contributed by atoms with E-state index in [4.69, 9.17) is 0 Å². The van der Waals surface area contributed by atoms with Crippen LogP contribution in [0.15, 0.2) is 24.3 Å². The van der Waals surface area contributed by atoms with Crippen molar-refractivity contribution in [1.29, 1.82) is 5.26 Å². The van der Waals surface area contributed by atoms with Crippen LogP contribution in [0.2, 0.25) is 0 Å². The number of fused-ring (bicyclic) bond motifs is 1. The smallest absolute Gasteiger partial charge is 0.136 e. The van der Waals surface area contributed by atoms with E-state index in [1.807, 2.05) is 6.07 Å². The van der Waals surface area contributed by atoms with Gasteiger partial charge in [0.2, 0.25) is 0 Å². The van der Waals surface area contributed by atoms with Gasteiger partial charge in [-0.3, -0.25) is 4.79 Å². The Hall–Kier alpha value is -1.62. The van der Waals surface area contributed by atoms with Crippen molar-refractivity contribution >= 4 is 5.78 Å². The first-order chi connectivity index (χ1) is 8.25. The molecule has 0 heterocycles. The molecule has 0 aliphatic heterocycles. The van der Waals surface area contributed by atoms with Gasteiger partial charge in [0, 0.05) is 18.8 Å². The van der Waals surface area contributed by atoms with Crippen molar-refractivity contribution in [3.63, 3.8) is 0 Å². The molecule has 3 rings (SSSR count). The molecule has 17 heavy (non-hydrogen) atoms. The minimum absolute atomic E-state index is 0.245. The second-order valence-corrected chi connectivity index (χ2v) is 5.30. The van der Waals surface area contributed by atoms with Crippen molar-refractivity contribution in [1.82, 2.24) is 0 Å². The Bertz CT molecular complexity index is 504. The van der Waals surface area contributed by atoms with Crippen molar-refractivity contribution in [2.75, 3.05) is 0 Å². The summed E-state index contributed by atoms with van der Waals surface area (Å²) in [6.07, 6.45) is 4.23. The van der Waals surface area contributed by atoms with E-state index < -0.39 is 5.41 Å². The Balaban J connectivity index is 2.01. The zero-order valence-corrected chi connectivity index (χ0v) is 9.78. The molecule has 1 unspecified atom stereocenters. The fraction of sp³-hybridized carbons (Fsp3) is 0.467. The van der Waals surface area contributed by atoms with Gasteiger partial charge in [0.15, 0.2) is 0 Å². The number of carbonyl (C=O) groups is 1. The highest BCUT2D eigenvalue weighted by molar-refractivity contribution is 5.87. The molecule has 1 saturated carbocycles. The molecule has 1 aromatic rings. The average Bonchev–Trinajstić information content (AvgIpc) is 2.34. The average molecular weight is 225 g/mol. The third kappa shape index (κ3) is 1.50. The summed E-state index contributed by atoms with van der Waals surface area (Å²) in [5.74, 6) is 0.518. The van der Waals surface area contributed by atoms with E-state index in [-0.39, 0.29) is 11.7 Å². The van der Waals surface area contributed by atoms with Gasteiger partial charge in [-0.1, -0.05) is 24.3 Å². The number of carbonyl (C=O) groups excluding carboxylic acids is 1. The highest BCUT2D eigenvalue weighted by atomic mass is 16.1. The molecule has 0 saturated heterocycles. The van der Waals surface area contributed by atoms with Crippen molar-refractivity contribution in [3.05, 3.63) is 35.4 Å². The Labute approximate surface area is 101 Å². The Morgan fingerprint density at radius 2 is 2.06 bits per heavy atom. The molecule has 0 N–H and O–H groups in total. The topological polar surface area (TPSA) is 40.9 Å². The zero-order chi connectivity index (χ0) is 11.9. The summed E-state index contributed by atoms with van der Waals surface area (Å²) in [6.45, 7) is 0. The lowest BCUT2D eigenvalue weighted by atomic mass is 9.56.